The van der Waals surface area contributed by atoms with Crippen LogP contribution in [-0.2, 0) is 27.8 Å². The number of hydrogen-bond donors (Lipinski definition) is 0. The Hall–Kier alpha value is -1.70. The Labute approximate surface area is 136 Å². The number of hydrogen-bond acceptors (Lipinski definition) is 4. The summed E-state index contributed by atoms with van der Waals surface area (Å²) in [6.45, 7) is 3.81. The highest BCUT2D eigenvalue weighted by Crippen LogP contribution is 2.25. The molecule has 0 saturated carbocycles. The van der Waals surface area contributed by atoms with Gasteiger partial charge in [-0.25, -0.2) is 13.4 Å². The van der Waals surface area contributed by atoms with Crippen LogP contribution in [0.25, 0.3) is 0 Å². The van der Waals surface area contributed by atoms with Crippen molar-refractivity contribution in [3.05, 3.63) is 48.0 Å². The number of ether oxygens (including phenoxy) is 1. The van der Waals surface area contributed by atoms with Gasteiger partial charge in [0.2, 0.25) is 10.0 Å². The van der Waals surface area contributed by atoms with Gasteiger partial charge in [0, 0.05) is 32.3 Å². The van der Waals surface area contributed by atoms with Crippen molar-refractivity contribution >= 4 is 10.0 Å². The van der Waals surface area contributed by atoms with Gasteiger partial charge in [-0.1, -0.05) is 18.2 Å². The largest absolute Gasteiger partial charge is 0.384 e. The van der Waals surface area contributed by atoms with Crippen molar-refractivity contribution in [1.29, 1.82) is 0 Å². The summed E-state index contributed by atoms with van der Waals surface area (Å²) in [5, 5.41) is 0. The molecule has 7 heteroatoms. The Morgan fingerprint density at radius 2 is 2.09 bits per heavy atom. The average Bonchev–Trinajstić information content (AvgIpc) is 2.86. The molecule has 0 saturated heterocycles. The maximum Gasteiger partial charge on any atom is 0.243 e. The van der Waals surface area contributed by atoms with Crippen molar-refractivity contribution < 1.29 is 13.2 Å². The summed E-state index contributed by atoms with van der Waals surface area (Å²) in [5.41, 5.74) is 1.66. The predicted octanol–water partition coefficient (Wildman–Crippen LogP) is 1.66. The van der Waals surface area contributed by atoms with Crippen LogP contribution in [0.1, 0.15) is 11.3 Å². The first-order valence-electron chi connectivity index (χ1n) is 7.56. The van der Waals surface area contributed by atoms with E-state index in [1.54, 1.807) is 36.1 Å². The Bertz CT molecular complexity index is 785. The fraction of sp³-hybridized carbons (Fsp3) is 0.438. The minimum Gasteiger partial charge on any atom is -0.384 e. The van der Waals surface area contributed by atoms with Gasteiger partial charge in [-0.3, -0.25) is 0 Å². The molecule has 3 rings (SSSR count). The van der Waals surface area contributed by atoms with Crippen LogP contribution in [0.3, 0.4) is 0 Å². The zero-order valence-electron chi connectivity index (χ0n) is 13.3. The molecule has 2 aromatic rings. The zero-order valence-corrected chi connectivity index (χ0v) is 14.2. The molecule has 6 nitrogen and oxygen atoms in total. The van der Waals surface area contributed by atoms with Gasteiger partial charge in [0.05, 0.1) is 30.1 Å². The van der Waals surface area contributed by atoms with E-state index in [2.05, 4.69) is 4.98 Å². The molecule has 2 heterocycles. The van der Waals surface area contributed by atoms with E-state index in [-0.39, 0.29) is 5.92 Å². The van der Waals surface area contributed by atoms with Gasteiger partial charge >= 0.3 is 0 Å². The second-order valence-electron chi connectivity index (χ2n) is 5.92. The second kappa shape index (κ2) is 6.43. The van der Waals surface area contributed by atoms with Crippen LogP contribution in [0.15, 0.2) is 41.7 Å². The number of rotatable bonds is 4. The first kappa shape index (κ1) is 16.2. The second-order valence-corrected chi connectivity index (χ2v) is 7.83. The first-order valence-corrected chi connectivity index (χ1v) is 9.00. The van der Waals surface area contributed by atoms with Crippen molar-refractivity contribution in [2.24, 2.45) is 5.92 Å². The lowest BCUT2D eigenvalue weighted by Crippen LogP contribution is -2.35. The van der Waals surface area contributed by atoms with Crippen molar-refractivity contribution in [3.63, 3.8) is 0 Å². The molecule has 0 amide bonds. The molecule has 124 valence electrons. The molecule has 0 unspecified atom stereocenters. The van der Waals surface area contributed by atoms with Gasteiger partial charge in [-0.2, -0.15) is 4.31 Å². The molecule has 0 fully saturated rings. The van der Waals surface area contributed by atoms with E-state index >= 15 is 0 Å². The summed E-state index contributed by atoms with van der Waals surface area (Å²) >= 11 is 0. The third-order valence-electron chi connectivity index (χ3n) is 4.17. The number of nitrogens with zero attached hydrogens (tertiary/aromatic N) is 3. The fourth-order valence-electron chi connectivity index (χ4n) is 3.02. The molecule has 1 aliphatic heterocycles. The fourth-order valence-corrected chi connectivity index (χ4v) is 4.74. The number of imidazole rings is 1. The maximum atomic E-state index is 13.1. The van der Waals surface area contributed by atoms with E-state index in [0.29, 0.717) is 31.1 Å². The SMILES string of the molecule is COC[C@H]1CN(S(=O)(=O)c2ccccc2C)Cc2cncn2C1. The smallest absolute Gasteiger partial charge is 0.243 e. The third-order valence-corrected chi connectivity index (χ3v) is 6.14. The predicted molar refractivity (Wildman–Crippen MR) is 86.4 cm³/mol. The van der Waals surface area contributed by atoms with Crippen molar-refractivity contribution in [2.45, 2.75) is 24.9 Å². The summed E-state index contributed by atoms with van der Waals surface area (Å²) in [6.07, 6.45) is 3.48. The Balaban J connectivity index is 1.99. The van der Waals surface area contributed by atoms with E-state index in [1.807, 2.05) is 23.6 Å². The van der Waals surface area contributed by atoms with Crippen LogP contribution in [0, 0.1) is 12.8 Å². The highest BCUT2D eigenvalue weighted by atomic mass is 32.2. The molecule has 1 aromatic heterocycles. The molecule has 0 N–H and O–H groups in total. The monoisotopic (exact) mass is 335 g/mol. The number of aryl methyl sites for hydroxylation is 1. The topological polar surface area (TPSA) is 64.4 Å². The number of sulfonamides is 1. The standard InChI is InChI=1S/C16H21N3O3S/c1-13-5-3-4-6-16(13)23(20,21)19-9-14(11-22-2)8-18-12-17-7-15(18)10-19/h3-7,12,14H,8-11H2,1-2H3/t14-/m1/s1. The third kappa shape index (κ3) is 3.17. The van der Waals surface area contributed by atoms with E-state index in [9.17, 15) is 8.42 Å². The van der Waals surface area contributed by atoms with Crippen LogP contribution in [0.5, 0.6) is 0 Å². The van der Waals surface area contributed by atoms with Crippen LogP contribution < -0.4 is 0 Å². The van der Waals surface area contributed by atoms with Gasteiger partial charge in [0.25, 0.3) is 0 Å². The van der Waals surface area contributed by atoms with Crippen molar-refractivity contribution in [1.82, 2.24) is 13.9 Å². The summed E-state index contributed by atoms with van der Waals surface area (Å²) in [4.78, 5) is 4.51. The van der Waals surface area contributed by atoms with Gasteiger partial charge in [0.1, 0.15) is 0 Å². The van der Waals surface area contributed by atoms with Crippen LogP contribution in [-0.4, -0.2) is 42.5 Å². The molecule has 1 aromatic carbocycles. The maximum absolute atomic E-state index is 13.1. The van der Waals surface area contributed by atoms with Crippen LogP contribution >= 0.6 is 0 Å². The number of fused-ring (bicyclic) bond motifs is 1. The van der Waals surface area contributed by atoms with Crippen molar-refractivity contribution in [2.75, 3.05) is 20.3 Å². The van der Waals surface area contributed by atoms with E-state index < -0.39 is 10.0 Å². The molecule has 0 radical (unpaired) electrons. The molecule has 1 aliphatic rings. The van der Waals surface area contributed by atoms with Crippen LogP contribution in [0.2, 0.25) is 0 Å². The zero-order chi connectivity index (χ0) is 16.4. The molecule has 0 spiro atoms. The summed E-state index contributed by atoms with van der Waals surface area (Å²) in [7, 11) is -1.91. The normalized spacial score (nSPS) is 19.3. The molecule has 0 aliphatic carbocycles. The van der Waals surface area contributed by atoms with Gasteiger partial charge in [-0.05, 0) is 18.6 Å². The lowest BCUT2D eigenvalue weighted by atomic mass is 10.1. The molecule has 0 bridgehead atoms. The number of aromatic nitrogens is 2. The van der Waals surface area contributed by atoms with Crippen molar-refractivity contribution in [3.8, 4) is 0 Å². The minimum absolute atomic E-state index is 0.0919. The number of methoxy groups -OCH3 is 1. The van der Waals surface area contributed by atoms with Gasteiger partial charge in [0.15, 0.2) is 0 Å². The molecule has 1 atom stereocenters. The Morgan fingerprint density at radius 1 is 1.30 bits per heavy atom. The van der Waals surface area contributed by atoms with Gasteiger partial charge in [-0.15, -0.1) is 0 Å². The Kier molecular flexibility index (Phi) is 4.52. The quantitative estimate of drug-likeness (QED) is 0.852. The lowest BCUT2D eigenvalue weighted by Gasteiger charge is -2.24. The highest BCUT2D eigenvalue weighted by molar-refractivity contribution is 7.89. The van der Waals surface area contributed by atoms with Gasteiger partial charge < -0.3 is 9.30 Å². The van der Waals surface area contributed by atoms with Crippen LogP contribution in [0.4, 0.5) is 0 Å². The summed E-state index contributed by atoms with van der Waals surface area (Å²) in [5.74, 6) is 0.0919. The van der Waals surface area contributed by atoms with E-state index in [1.165, 1.54) is 0 Å². The average molecular weight is 335 g/mol. The first-order chi connectivity index (χ1) is 11.0. The minimum atomic E-state index is -3.55. The molecular formula is C16H21N3O3S. The highest BCUT2D eigenvalue weighted by Gasteiger charge is 2.31. The Morgan fingerprint density at radius 3 is 2.83 bits per heavy atom. The summed E-state index contributed by atoms with van der Waals surface area (Å²) < 4.78 is 35.0. The summed E-state index contributed by atoms with van der Waals surface area (Å²) in [6, 6.07) is 7.09. The molecular weight excluding hydrogens is 314 g/mol. The van der Waals surface area contributed by atoms with E-state index in [4.69, 9.17) is 4.74 Å². The van der Waals surface area contributed by atoms with E-state index in [0.717, 1.165) is 11.3 Å². The lowest BCUT2D eigenvalue weighted by molar-refractivity contribution is 0.134. The molecule has 23 heavy (non-hydrogen) atoms. The number of benzene rings is 1.